The lowest BCUT2D eigenvalue weighted by Gasteiger charge is -2.50. The molecule has 5 rings (SSSR count). The van der Waals surface area contributed by atoms with Crippen LogP contribution in [0.25, 0.3) is 0 Å². The van der Waals surface area contributed by atoms with E-state index in [1.54, 1.807) is 12.1 Å². The summed E-state index contributed by atoms with van der Waals surface area (Å²) in [6.07, 6.45) is 5.61. The Morgan fingerprint density at radius 2 is 2.12 bits per heavy atom. The molecule has 3 heterocycles. The van der Waals surface area contributed by atoms with Crippen LogP contribution in [0.2, 0.25) is 0 Å². The molecule has 4 fully saturated rings. The number of amides is 1. The van der Waals surface area contributed by atoms with E-state index in [0.29, 0.717) is 41.2 Å². The van der Waals surface area contributed by atoms with Crippen molar-refractivity contribution >= 4 is 11.6 Å². The SMILES string of the molecule is CC1CN(c2ccc(C#N)cc2F)CCN1CC1CCC2C(C1)NC(=O)C1CCCNC12. The van der Waals surface area contributed by atoms with Crippen LogP contribution in [0, 0.1) is 34.9 Å². The fraction of sp³-hybridized carbons (Fsp3) is 0.680. The van der Waals surface area contributed by atoms with Crippen LogP contribution in [0.3, 0.4) is 0 Å². The van der Waals surface area contributed by atoms with Gasteiger partial charge in [-0.3, -0.25) is 9.69 Å². The molecule has 4 aliphatic rings. The highest BCUT2D eigenvalue weighted by molar-refractivity contribution is 5.81. The second-order valence-corrected chi connectivity index (χ2v) is 10.3. The van der Waals surface area contributed by atoms with Gasteiger partial charge in [0, 0.05) is 44.3 Å². The van der Waals surface area contributed by atoms with Crippen LogP contribution in [0.5, 0.6) is 0 Å². The van der Waals surface area contributed by atoms with E-state index in [0.717, 1.165) is 52.0 Å². The number of hydrogen-bond donors (Lipinski definition) is 2. The van der Waals surface area contributed by atoms with Crippen molar-refractivity contribution in [3.63, 3.8) is 0 Å². The van der Waals surface area contributed by atoms with Gasteiger partial charge in [0.15, 0.2) is 0 Å². The molecule has 1 aromatic rings. The minimum Gasteiger partial charge on any atom is -0.366 e. The summed E-state index contributed by atoms with van der Waals surface area (Å²) >= 11 is 0. The van der Waals surface area contributed by atoms with Gasteiger partial charge in [0.25, 0.3) is 0 Å². The van der Waals surface area contributed by atoms with E-state index in [-0.39, 0.29) is 17.6 Å². The molecule has 1 aliphatic carbocycles. The molecule has 6 nitrogen and oxygen atoms in total. The molecule has 0 radical (unpaired) electrons. The van der Waals surface area contributed by atoms with Crippen molar-refractivity contribution in [1.82, 2.24) is 15.5 Å². The number of nitriles is 1. The maximum atomic E-state index is 14.5. The third kappa shape index (κ3) is 4.11. The molecule has 3 saturated heterocycles. The Kier molecular flexibility index (Phi) is 6.09. The van der Waals surface area contributed by atoms with Gasteiger partial charge in [-0.15, -0.1) is 0 Å². The highest BCUT2D eigenvalue weighted by atomic mass is 19.1. The van der Waals surface area contributed by atoms with Gasteiger partial charge in [-0.1, -0.05) is 0 Å². The van der Waals surface area contributed by atoms with Crippen LogP contribution in [-0.2, 0) is 4.79 Å². The maximum Gasteiger partial charge on any atom is 0.224 e. The standard InChI is InChI=1S/C25H34FN5O/c1-16-14-31(23-7-5-17(13-27)11-21(23)26)10-9-30(16)15-18-4-6-19-22(12-18)29-25(32)20-3-2-8-28-24(19)20/h5,7,11,16,18-20,22,24,28H,2-4,6,8-10,12,14-15H2,1H3,(H,29,32). The average Bonchev–Trinajstić information content (AvgIpc) is 2.80. The van der Waals surface area contributed by atoms with E-state index in [2.05, 4.69) is 27.4 Å². The Hall–Kier alpha value is -2.17. The summed E-state index contributed by atoms with van der Waals surface area (Å²) in [5.74, 6) is 1.28. The van der Waals surface area contributed by atoms with Crippen LogP contribution >= 0.6 is 0 Å². The first-order valence-electron chi connectivity index (χ1n) is 12.3. The van der Waals surface area contributed by atoms with Gasteiger partial charge in [-0.05, 0) is 75.6 Å². The molecule has 32 heavy (non-hydrogen) atoms. The smallest absolute Gasteiger partial charge is 0.224 e. The maximum absolute atomic E-state index is 14.5. The normalized spacial score (nSPS) is 35.4. The summed E-state index contributed by atoms with van der Waals surface area (Å²) in [7, 11) is 0. The van der Waals surface area contributed by atoms with E-state index >= 15 is 0 Å². The fourth-order valence-corrected chi connectivity index (χ4v) is 6.64. The Morgan fingerprint density at radius 1 is 1.25 bits per heavy atom. The van der Waals surface area contributed by atoms with Gasteiger partial charge in [0.05, 0.1) is 23.2 Å². The topological polar surface area (TPSA) is 71.4 Å². The molecule has 0 spiro atoms. The summed E-state index contributed by atoms with van der Waals surface area (Å²) in [5, 5.41) is 16.0. The molecule has 7 heteroatoms. The number of fused-ring (bicyclic) bond motifs is 3. The molecular formula is C25H34FN5O. The van der Waals surface area contributed by atoms with E-state index < -0.39 is 0 Å². The minimum atomic E-state index is -0.314. The Morgan fingerprint density at radius 3 is 2.91 bits per heavy atom. The molecule has 172 valence electrons. The molecule has 1 saturated carbocycles. The first kappa shape index (κ1) is 21.7. The second-order valence-electron chi connectivity index (χ2n) is 10.3. The van der Waals surface area contributed by atoms with Gasteiger partial charge >= 0.3 is 0 Å². The molecule has 3 aliphatic heterocycles. The molecule has 2 N–H and O–H groups in total. The van der Waals surface area contributed by atoms with Crippen LogP contribution in [0.1, 0.15) is 44.6 Å². The zero-order chi connectivity index (χ0) is 22.2. The zero-order valence-corrected chi connectivity index (χ0v) is 18.9. The Bertz CT molecular complexity index is 901. The number of halogens is 1. The first-order chi connectivity index (χ1) is 15.5. The lowest BCUT2D eigenvalue weighted by molar-refractivity contribution is -0.133. The third-order valence-corrected chi connectivity index (χ3v) is 8.32. The Labute approximate surface area is 190 Å². The highest BCUT2D eigenvalue weighted by Crippen LogP contribution is 2.39. The van der Waals surface area contributed by atoms with Crippen molar-refractivity contribution in [1.29, 1.82) is 5.26 Å². The number of rotatable bonds is 3. The molecule has 6 unspecified atom stereocenters. The van der Waals surface area contributed by atoms with Gasteiger partial charge in [0.2, 0.25) is 5.91 Å². The summed E-state index contributed by atoms with van der Waals surface area (Å²) in [5.41, 5.74) is 0.952. The summed E-state index contributed by atoms with van der Waals surface area (Å²) < 4.78 is 14.5. The number of hydrogen-bond acceptors (Lipinski definition) is 5. The van der Waals surface area contributed by atoms with Gasteiger partial charge in [-0.2, -0.15) is 5.26 Å². The first-order valence-corrected chi connectivity index (χ1v) is 12.3. The largest absolute Gasteiger partial charge is 0.366 e. The second kappa shape index (κ2) is 8.99. The van der Waals surface area contributed by atoms with E-state index in [9.17, 15) is 9.18 Å². The van der Waals surface area contributed by atoms with Crippen molar-refractivity contribution in [2.75, 3.05) is 37.6 Å². The minimum absolute atomic E-state index is 0.164. The van der Waals surface area contributed by atoms with E-state index in [1.165, 1.54) is 18.9 Å². The molecule has 6 atom stereocenters. The predicted octanol–water partition coefficient (Wildman–Crippen LogP) is 2.49. The molecule has 0 bridgehead atoms. The predicted molar refractivity (Wildman–Crippen MR) is 122 cm³/mol. The van der Waals surface area contributed by atoms with Crippen molar-refractivity contribution < 1.29 is 9.18 Å². The zero-order valence-electron chi connectivity index (χ0n) is 18.9. The van der Waals surface area contributed by atoms with Crippen LogP contribution < -0.4 is 15.5 Å². The summed E-state index contributed by atoms with van der Waals surface area (Å²) in [6.45, 7) is 6.79. The van der Waals surface area contributed by atoms with Crippen molar-refractivity contribution in [3.8, 4) is 6.07 Å². The van der Waals surface area contributed by atoms with Crippen LogP contribution in [0.15, 0.2) is 18.2 Å². The molecule has 0 aromatic heterocycles. The number of nitrogens with one attached hydrogen (secondary N) is 2. The highest BCUT2D eigenvalue weighted by Gasteiger charge is 2.47. The van der Waals surface area contributed by atoms with Crippen molar-refractivity contribution in [2.45, 2.75) is 57.2 Å². The third-order valence-electron chi connectivity index (χ3n) is 8.32. The number of carbonyl (C=O) groups excluding carboxylic acids is 1. The van der Waals surface area contributed by atoms with E-state index in [1.807, 2.05) is 6.07 Å². The molecule has 1 aromatic carbocycles. The van der Waals surface area contributed by atoms with Gasteiger partial charge < -0.3 is 15.5 Å². The van der Waals surface area contributed by atoms with Gasteiger partial charge in [0.1, 0.15) is 5.82 Å². The van der Waals surface area contributed by atoms with Crippen LogP contribution in [-0.4, -0.2) is 61.7 Å². The molecule has 1 amide bonds. The number of benzene rings is 1. The number of piperazine rings is 1. The summed E-state index contributed by atoms with van der Waals surface area (Å²) in [4.78, 5) is 17.3. The average molecular weight is 440 g/mol. The van der Waals surface area contributed by atoms with Crippen LogP contribution in [0.4, 0.5) is 10.1 Å². The number of carbonyl (C=O) groups is 1. The van der Waals surface area contributed by atoms with E-state index in [4.69, 9.17) is 5.26 Å². The quantitative estimate of drug-likeness (QED) is 0.757. The molecular weight excluding hydrogens is 405 g/mol. The van der Waals surface area contributed by atoms with Crippen molar-refractivity contribution in [3.05, 3.63) is 29.6 Å². The number of piperidine rings is 2. The fourth-order valence-electron chi connectivity index (χ4n) is 6.64. The monoisotopic (exact) mass is 439 g/mol. The number of nitrogens with zero attached hydrogens (tertiary/aromatic N) is 3. The van der Waals surface area contributed by atoms with Gasteiger partial charge in [-0.25, -0.2) is 4.39 Å². The summed E-state index contributed by atoms with van der Waals surface area (Å²) in [6, 6.07) is 7.76. The Balaban J connectivity index is 1.18. The van der Waals surface area contributed by atoms with Crippen molar-refractivity contribution in [2.24, 2.45) is 17.8 Å². The number of anilines is 1. The lowest BCUT2D eigenvalue weighted by Crippen LogP contribution is -2.64. The lowest BCUT2D eigenvalue weighted by atomic mass is 9.67.